The highest BCUT2D eigenvalue weighted by molar-refractivity contribution is 5.96. The van der Waals surface area contributed by atoms with Gasteiger partial charge >= 0.3 is 6.18 Å². The molecule has 178 valence electrons. The number of amides is 1. The van der Waals surface area contributed by atoms with Crippen molar-refractivity contribution in [2.45, 2.75) is 38.4 Å². The maximum atomic E-state index is 12.7. The van der Waals surface area contributed by atoms with Gasteiger partial charge in [-0.3, -0.25) is 14.3 Å². The van der Waals surface area contributed by atoms with Crippen LogP contribution in [0.25, 0.3) is 10.9 Å². The predicted molar refractivity (Wildman–Crippen MR) is 120 cm³/mol. The van der Waals surface area contributed by atoms with E-state index in [4.69, 9.17) is 0 Å². The number of benzene rings is 1. The summed E-state index contributed by atoms with van der Waals surface area (Å²) < 4.78 is 39.7. The molecule has 0 unspecified atom stereocenters. The van der Waals surface area contributed by atoms with Crippen LogP contribution in [0.4, 0.5) is 24.7 Å². The number of fused-ring (bicyclic) bond motifs is 1. The second-order valence-electron chi connectivity index (χ2n) is 8.56. The van der Waals surface area contributed by atoms with Crippen LogP contribution >= 0.6 is 0 Å². The number of alkyl halides is 3. The summed E-state index contributed by atoms with van der Waals surface area (Å²) >= 11 is 0. The molecular formula is C23H23F3N6O2. The lowest BCUT2D eigenvalue weighted by molar-refractivity contribution is -0.138. The molecule has 0 radical (unpaired) electrons. The number of halogens is 3. The molecule has 1 fully saturated rings. The first-order chi connectivity index (χ1) is 16.1. The summed E-state index contributed by atoms with van der Waals surface area (Å²) in [5.74, 6) is -0.111. The fourth-order valence-electron chi connectivity index (χ4n) is 4.13. The fourth-order valence-corrected chi connectivity index (χ4v) is 4.13. The van der Waals surface area contributed by atoms with Crippen LogP contribution in [0.3, 0.4) is 0 Å². The lowest BCUT2D eigenvalue weighted by atomic mass is 10.1. The third kappa shape index (κ3) is 4.76. The zero-order chi connectivity index (χ0) is 24.6. The zero-order valence-electron chi connectivity index (χ0n) is 18.6. The van der Waals surface area contributed by atoms with Crippen molar-refractivity contribution in [1.29, 1.82) is 5.26 Å². The average Bonchev–Trinajstić information content (AvgIpc) is 3.53. The van der Waals surface area contributed by atoms with Crippen molar-refractivity contribution in [2.24, 2.45) is 5.92 Å². The molecule has 1 aliphatic carbocycles. The van der Waals surface area contributed by atoms with E-state index >= 15 is 0 Å². The molecule has 4 rings (SSSR count). The molecule has 1 aliphatic rings. The van der Waals surface area contributed by atoms with Crippen LogP contribution in [-0.4, -0.2) is 45.3 Å². The summed E-state index contributed by atoms with van der Waals surface area (Å²) in [6, 6.07) is 8.41. The highest BCUT2D eigenvalue weighted by atomic mass is 19.4. The minimum Gasteiger partial charge on any atom is -0.338 e. The van der Waals surface area contributed by atoms with Crippen molar-refractivity contribution in [3.63, 3.8) is 0 Å². The van der Waals surface area contributed by atoms with Gasteiger partial charge in [0.15, 0.2) is 5.82 Å². The summed E-state index contributed by atoms with van der Waals surface area (Å²) in [5.41, 5.74) is 1.41. The third-order valence-corrected chi connectivity index (χ3v) is 5.89. The van der Waals surface area contributed by atoms with Gasteiger partial charge in [-0.15, -0.1) is 0 Å². The Balaban J connectivity index is 1.66. The minimum absolute atomic E-state index is 0.143. The number of aromatic nitrogens is 3. The number of nitrogens with zero attached hydrogens (tertiary/aromatic N) is 4. The quantitative estimate of drug-likeness (QED) is 0.534. The monoisotopic (exact) mass is 472 g/mol. The summed E-state index contributed by atoms with van der Waals surface area (Å²) in [6.07, 6.45) is -0.690. The van der Waals surface area contributed by atoms with E-state index in [1.807, 2.05) is 0 Å². The summed E-state index contributed by atoms with van der Waals surface area (Å²) in [7, 11) is 1.10. The van der Waals surface area contributed by atoms with Crippen LogP contribution in [0.2, 0.25) is 0 Å². The van der Waals surface area contributed by atoms with Crippen molar-refractivity contribution in [3.05, 3.63) is 51.9 Å². The number of hydrogen-bond acceptors (Lipinski definition) is 5. The van der Waals surface area contributed by atoms with E-state index in [1.54, 1.807) is 29.8 Å². The van der Waals surface area contributed by atoms with Gasteiger partial charge in [-0.1, -0.05) is 0 Å². The first-order valence-electron chi connectivity index (χ1n) is 10.8. The van der Waals surface area contributed by atoms with E-state index < -0.39 is 18.6 Å². The van der Waals surface area contributed by atoms with E-state index in [2.05, 4.69) is 21.5 Å². The Morgan fingerprint density at radius 3 is 2.74 bits per heavy atom. The van der Waals surface area contributed by atoms with Crippen LogP contribution in [0.1, 0.15) is 41.2 Å². The Bertz CT molecular complexity index is 1330. The first-order valence-corrected chi connectivity index (χ1v) is 10.8. The van der Waals surface area contributed by atoms with E-state index in [0.717, 1.165) is 19.9 Å². The highest BCUT2D eigenvalue weighted by Gasteiger charge is 2.35. The molecular weight excluding hydrogens is 449 g/mol. The van der Waals surface area contributed by atoms with Crippen LogP contribution in [0.15, 0.2) is 35.3 Å². The number of carbonyl (C=O) groups excluding carboxylic acids is 1. The number of aryl methyl sites for hydroxylation is 1. The molecule has 34 heavy (non-hydrogen) atoms. The number of H-pyrrole nitrogens is 1. The number of anilines is 2. The maximum Gasteiger partial charge on any atom is 0.406 e. The Morgan fingerprint density at radius 1 is 1.38 bits per heavy atom. The second kappa shape index (κ2) is 8.85. The third-order valence-electron chi connectivity index (χ3n) is 5.89. The summed E-state index contributed by atoms with van der Waals surface area (Å²) in [6.45, 7) is 0.279. The van der Waals surface area contributed by atoms with Gasteiger partial charge < -0.3 is 15.2 Å². The lowest BCUT2D eigenvalue weighted by Crippen LogP contribution is -2.36. The van der Waals surface area contributed by atoms with Gasteiger partial charge in [-0.25, -0.2) is 0 Å². The van der Waals surface area contributed by atoms with Gasteiger partial charge in [0, 0.05) is 24.5 Å². The van der Waals surface area contributed by atoms with Crippen LogP contribution in [-0.2, 0) is 0 Å². The standard InChI is InChI=1S/C23H23F3N6O2/c1-13-11-15(5-6-16(13)22(34)31(2)12-23(24,25)26)29-20-19-18(8-10-28-21(19)33)32(30-20)17(7-9-27)14-3-4-14/h5-6,8,10-11,14,17H,3-4,7,12H2,1-2H3,(H,28,33)(H,29,30)/t17-/m0/s1. The van der Waals surface area contributed by atoms with Crippen LogP contribution in [0.5, 0.6) is 0 Å². The average molecular weight is 472 g/mol. The Hall–Kier alpha value is -3.81. The van der Waals surface area contributed by atoms with Gasteiger partial charge in [0.1, 0.15) is 11.9 Å². The molecule has 8 nitrogen and oxygen atoms in total. The fraction of sp³-hybridized carbons (Fsp3) is 0.391. The Labute approximate surface area is 193 Å². The number of pyridine rings is 1. The minimum atomic E-state index is -4.49. The lowest BCUT2D eigenvalue weighted by Gasteiger charge is -2.20. The SMILES string of the molecule is Cc1cc(Nc2nn([C@@H](CC#N)C3CC3)c3cc[nH]c(=O)c23)ccc1C(=O)N(C)CC(F)(F)F. The van der Waals surface area contributed by atoms with E-state index in [1.165, 1.54) is 12.3 Å². The zero-order valence-corrected chi connectivity index (χ0v) is 18.6. The number of carbonyl (C=O) groups is 1. The van der Waals surface area contributed by atoms with Crippen molar-refractivity contribution in [3.8, 4) is 6.07 Å². The van der Waals surface area contributed by atoms with Crippen molar-refractivity contribution >= 4 is 28.3 Å². The van der Waals surface area contributed by atoms with Crippen molar-refractivity contribution < 1.29 is 18.0 Å². The molecule has 0 saturated heterocycles. The summed E-state index contributed by atoms with van der Waals surface area (Å²) in [5, 5.41) is 17.3. The molecule has 1 aromatic carbocycles. The molecule has 1 atom stereocenters. The Kier molecular flexibility index (Phi) is 6.08. The number of hydrogen-bond donors (Lipinski definition) is 2. The molecule has 2 heterocycles. The van der Waals surface area contributed by atoms with Gasteiger partial charge in [0.25, 0.3) is 11.5 Å². The normalized spacial score (nSPS) is 14.6. The molecule has 1 amide bonds. The van der Waals surface area contributed by atoms with Crippen molar-refractivity contribution in [2.75, 3.05) is 18.9 Å². The second-order valence-corrected chi connectivity index (χ2v) is 8.56. The summed E-state index contributed by atoms with van der Waals surface area (Å²) in [4.78, 5) is 28.3. The van der Waals surface area contributed by atoms with Crippen molar-refractivity contribution in [1.82, 2.24) is 19.7 Å². The number of nitriles is 1. The number of nitrogens with one attached hydrogen (secondary N) is 2. The van der Waals surface area contributed by atoms with Gasteiger partial charge in [0.2, 0.25) is 0 Å². The molecule has 11 heteroatoms. The van der Waals surface area contributed by atoms with Crippen LogP contribution < -0.4 is 10.9 Å². The van der Waals surface area contributed by atoms with Gasteiger partial charge in [-0.05, 0) is 55.5 Å². The van der Waals surface area contributed by atoms with E-state index in [9.17, 15) is 28.0 Å². The molecule has 2 aromatic heterocycles. The Morgan fingerprint density at radius 2 is 2.12 bits per heavy atom. The predicted octanol–water partition coefficient (Wildman–Crippen LogP) is 4.28. The maximum absolute atomic E-state index is 12.7. The molecule has 1 saturated carbocycles. The molecule has 0 bridgehead atoms. The van der Waals surface area contributed by atoms with Crippen LogP contribution in [0, 0.1) is 24.2 Å². The largest absolute Gasteiger partial charge is 0.406 e. The smallest absolute Gasteiger partial charge is 0.338 e. The molecule has 0 aliphatic heterocycles. The topological polar surface area (TPSA) is 107 Å². The number of aromatic amines is 1. The number of rotatable bonds is 7. The highest BCUT2D eigenvalue weighted by Crippen LogP contribution is 2.43. The molecule has 0 spiro atoms. The van der Waals surface area contributed by atoms with E-state index in [-0.39, 0.29) is 23.6 Å². The van der Waals surface area contributed by atoms with Gasteiger partial charge in [-0.2, -0.15) is 23.5 Å². The first kappa shape index (κ1) is 23.4. The van der Waals surface area contributed by atoms with E-state index in [0.29, 0.717) is 38.8 Å². The van der Waals surface area contributed by atoms with Gasteiger partial charge in [0.05, 0.1) is 24.0 Å². The molecule has 2 N–H and O–H groups in total. The molecule has 3 aromatic rings.